The standard InChI is InChI=1S/C7H12N4/c1-5-4-11(3)7(10-5)6(8)9-2/h4H,1-3H3,(H2,8,9). The summed E-state index contributed by atoms with van der Waals surface area (Å²) < 4.78 is 1.86. The first kappa shape index (κ1) is 7.78. The number of rotatable bonds is 1. The van der Waals surface area contributed by atoms with E-state index < -0.39 is 0 Å². The van der Waals surface area contributed by atoms with Crippen LogP contribution in [0, 0.1) is 6.92 Å². The molecule has 11 heavy (non-hydrogen) atoms. The second kappa shape index (κ2) is 2.74. The Labute approximate surface area is 65.8 Å². The summed E-state index contributed by atoms with van der Waals surface area (Å²) in [5.74, 6) is 1.20. The van der Waals surface area contributed by atoms with Crippen LogP contribution in [0.25, 0.3) is 0 Å². The molecule has 0 aliphatic rings. The van der Waals surface area contributed by atoms with E-state index in [2.05, 4.69) is 9.98 Å². The van der Waals surface area contributed by atoms with Crippen molar-refractivity contribution in [2.75, 3.05) is 7.05 Å². The van der Waals surface area contributed by atoms with Crippen molar-refractivity contribution in [3.63, 3.8) is 0 Å². The van der Waals surface area contributed by atoms with E-state index in [9.17, 15) is 0 Å². The van der Waals surface area contributed by atoms with Crippen LogP contribution in [0.1, 0.15) is 11.5 Å². The maximum atomic E-state index is 5.58. The minimum atomic E-state index is 0.473. The highest BCUT2D eigenvalue weighted by Gasteiger charge is 2.04. The molecule has 0 aliphatic carbocycles. The molecule has 1 rings (SSSR count). The first-order chi connectivity index (χ1) is 5.15. The smallest absolute Gasteiger partial charge is 0.175 e. The van der Waals surface area contributed by atoms with E-state index in [1.165, 1.54) is 0 Å². The maximum absolute atomic E-state index is 5.58. The van der Waals surface area contributed by atoms with Gasteiger partial charge in [-0.05, 0) is 6.92 Å². The highest BCUT2D eigenvalue weighted by molar-refractivity contribution is 5.94. The van der Waals surface area contributed by atoms with Crippen molar-refractivity contribution in [2.24, 2.45) is 17.8 Å². The van der Waals surface area contributed by atoms with Crippen LogP contribution in [0.5, 0.6) is 0 Å². The Morgan fingerprint density at radius 1 is 1.73 bits per heavy atom. The average Bonchev–Trinajstić information content (AvgIpc) is 2.28. The fourth-order valence-corrected chi connectivity index (χ4v) is 0.954. The van der Waals surface area contributed by atoms with Gasteiger partial charge in [-0.1, -0.05) is 0 Å². The van der Waals surface area contributed by atoms with Crippen molar-refractivity contribution in [1.82, 2.24) is 9.55 Å². The zero-order chi connectivity index (χ0) is 8.43. The van der Waals surface area contributed by atoms with Crippen LogP contribution in [-0.2, 0) is 7.05 Å². The molecule has 1 aromatic rings. The van der Waals surface area contributed by atoms with Crippen molar-refractivity contribution < 1.29 is 0 Å². The second-order valence-electron chi connectivity index (χ2n) is 2.43. The van der Waals surface area contributed by atoms with Crippen LogP contribution < -0.4 is 5.73 Å². The summed E-state index contributed by atoms with van der Waals surface area (Å²) in [7, 11) is 3.55. The molecule has 2 N–H and O–H groups in total. The van der Waals surface area contributed by atoms with Gasteiger partial charge in [0.05, 0.1) is 5.69 Å². The van der Waals surface area contributed by atoms with E-state index >= 15 is 0 Å². The molecular weight excluding hydrogens is 140 g/mol. The molecule has 0 amide bonds. The molecule has 0 spiro atoms. The van der Waals surface area contributed by atoms with Gasteiger partial charge in [0.1, 0.15) is 0 Å². The Morgan fingerprint density at radius 2 is 2.36 bits per heavy atom. The third kappa shape index (κ3) is 1.39. The molecule has 0 aromatic carbocycles. The van der Waals surface area contributed by atoms with Crippen molar-refractivity contribution >= 4 is 5.84 Å². The Bertz CT molecular complexity index is 285. The lowest BCUT2D eigenvalue weighted by molar-refractivity contribution is 0.893. The minimum absolute atomic E-state index is 0.473. The molecule has 4 nitrogen and oxygen atoms in total. The molecule has 0 saturated heterocycles. The Morgan fingerprint density at radius 3 is 2.73 bits per heavy atom. The van der Waals surface area contributed by atoms with E-state index in [0.717, 1.165) is 11.5 Å². The van der Waals surface area contributed by atoms with Gasteiger partial charge in [-0.3, -0.25) is 4.99 Å². The van der Waals surface area contributed by atoms with Gasteiger partial charge in [0, 0.05) is 20.3 Å². The summed E-state index contributed by atoms with van der Waals surface area (Å²) in [6, 6.07) is 0. The lowest BCUT2D eigenvalue weighted by Gasteiger charge is -1.97. The lowest BCUT2D eigenvalue weighted by atomic mass is 10.5. The molecule has 0 bridgehead atoms. The lowest BCUT2D eigenvalue weighted by Crippen LogP contribution is -2.17. The van der Waals surface area contributed by atoms with Gasteiger partial charge in [0.15, 0.2) is 11.7 Å². The molecule has 0 aliphatic heterocycles. The Hall–Kier alpha value is -1.32. The van der Waals surface area contributed by atoms with Crippen molar-refractivity contribution in [2.45, 2.75) is 6.92 Å². The summed E-state index contributed by atoms with van der Waals surface area (Å²) >= 11 is 0. The van der Waals surface area contributed by atoms with Crippen LogP contribution in [0.3, 0.4) is 0 Å². The first-order valence-electron chi connectivity index (χ1n) is 3.37. The largest absolute Gasteiger partial charge is 0.381 e. The van der Waals surface area contributed by atoms with E-state index in [4.69, 9.17) is 5.73 Å². The number of imidazole rings is 1. The third-order valence-electron chi connectivity index (χ3n) is 1.47. The number of nitrogens with two attached hydrogens (primary N) is 1. The Balaban J connectivity index is 3.13. The van der Waals surface area contributed by atoms with Crippen molar-refractivity contribution in [3.05, 3.63) is 17.7 Å². The molecule has 0 atom stereocenters. The summed E-state index contributed by atoms with van der Waals surface area (Å²) in [6.07, 6.45) is 1.91. The normalized spacial score (nSPS) is 12.1. The van der Waals surface area contributed by atoms with Crippen LogP contribution in [-0.4, -0.2) is 22.4 Å². The predicted molar refractivity (Wildman–Crippen MR) is 44.6 cm³/mol. The number of aryl methyl sites for hydroxylation is 2. The van der Waals surface area contributed by atoms with Crippen molar-refractivity contribution in [1.29, 1.82) is 0 Å². The molecular formula is C7H12N4. The quantitative estimate of drug-likeness (QED) is 0.457. The molecule has 4 heteroatoms. The zero-order valence-electron chi connectivity index (χ0n) is 7.00. The Kier molecular flexibility index (Phi) is 1.94. The van der Waals surface area contributed by atoms with Gasteiger partial charge in [-0.15, -0.1) is 0 Å². The molecule has 0 fully saturated rings. The van der Waals surface area contributed by atoms with E-state index in [0.29, 0.717) is 5.84 Å². The monoisotopic (exact) mass is 152 g/mol. The topological polar surface area (TPSA) is 56.2 Å². The average molecular weight is 152 g/mol. The van der Waals surface area contributed by atoms with Crippen LogP contribution in [0.4, 0.5) is 0 Å². The van der Waals surface area contributed by atoms with E-state index in [1.807, 2.05) is 24.7 Å². The number of hydrogen-bond donors (Lipinski definition) is 1. The van der Waals surface area contributed by atoms with Gasteiger partial charge in [-0.25, -0.2) is 4.98 Å². The number of hydrogen-bond acceptors (Lipinski definition) is 2. The van der Waals surface area contributed by atoms with E-state index in [1.54, 1.807) is 7.05 Å². The highest BCUT2D eigenvalue weighted by Crippen LogP contribution is 1.98. The van der Waals surface area contributed by atoms with Gasteiger partial charge in [-0.2, -0.15) is 0 Å². The summed E-state index contributed by atoms with van der Waals surface area (Å²) in [6.45, 7) is 1.92. The third-order valence-corrected chi connectivity index (χ3v) is 1.47. The highest BCUT2D eigenvalue weighted by atomic mass is 15.1. The fourth-order valence-electron chi connectivity index (χ4n) is 0.954. The van der Waals surface area contributed by atoms with Gasteiger partial charge in [0.25, 0.3) is 0 Å². The number of aromatic nitrogens is 2. The molecule has 60 valence electrons. The van der Waals surface area contributed by atoms with Gasteiger partial charge < -0.3 is 10.3 Å². The summed E-state index contributed by atoms with van der Waals surface area (Å²) in [5.41, 5.74) is 6.53. The molecule has 0 radical (unpaired) electrons. The van der Waals surface area contributed by atoms with Gasteiger partial charge >= 0.3 is 0 Å². The zero-order valence-corrected chi connectivity index (χ0v) is 7.00. The predicted octanol–water partition coefficient (Wildman–Crippen LogP) is 0.0636. The van der Waals surface area contributed by atoms with Crippen molar-refractivity contribution in [3.8, 4) is 0 Å². The first-order valence-corrected chi connectivity index (χ1v) is 3.37. The SMILES string of the molecule is CN=C(N)c1nc(C)cn1C. The summed E-state index contributed by atoms with van der Waals surface area (Å²) in [4.78, 5) is 8.03. The maximum Gasteiger partial charge on any atom is 0.175 e. The molecule has 1 aromatic heterocycles. The molecule has 0 saturated carbocycles. The van der Waals surface area contributed by atoms with E-state index in [-0.39, 0.29) is 0 Å². The minimum Gasteiger partial charge on any atom is -0.381 e. The van der Waals surface area contributed by atoms with Crippen LogP contribution in [0.2, 0.25) is 0 Å². The number of aliphatic imine (C=N–C) groups is 1. The molecule has 0 unspecified atom stereocenters. The van der Waals surface area contributed by atoms with Crippen LogP contribution >= 0.6 is 0 Å². The summed E-state index contributed by atoms with van der Waals surface area (Å²) in [5, 5.41) is 0. The number of amidine groups is 1. The second-order valence-corrected chi connectivity index (χ2v) is 2.43. The number of nitrogens with zero attached hydrogens (tertiary/aromatic N) is 3. The van der Waals surface area contributed by atoms with Gasteiger partial charge in [0.2, 0.25) is 0 Å². The fraction of sp³-hybridized carbons (Fsp3) is 0.429. The molecule has 1 heterocycles. The van der Waals surface area contributed by atoms with Crippen LogP contribution in [0.15, 0.2) is 11.2 Å².